The van der Waals surface area contributed by atoms with Crippen LogP contribution in [-0.4, -0.2) is 22.2 Å². The highest BCUT2D eigenvalue weighted by molar-refractivity contribution is 5.91. The number of carboxylic acids is 2. The molecule has 0 saturated carbocycles. The molecule has 1 rings (SSSR count). The summed E-state index contributed by atoms with van der Waals surface area (Å²) in [6.07, 6.45) is 15.9. The first-order valence-electron chi connectivity index (χ1n) is 9.31. The molecule has 0 bridgehead atoms. The first kappa shape index (κ1) is 20.5. The fraction of sp³-hybridized carbons (Fsp3) is 0.700. The van der Waals surface area contributed by atoms with Crippen LogP contribution >= 0.6 is 0 Å². The number of carboxylic acid groups (broad SMARTS) is 2. The van der Waals surface area contributed by atoms with Gasteiger partial charge in [0.15, 0.2) is 0 Å². The molecule has 2 N–H and O–H groups in total. The predicted octanol–water partition coefficient (Wildman–Crippen LogP) is 5.20. The number of carbonyl (C=O) groups is 2. The van der Waals surface area contributed by atoms with Crippen LogP contribution in [0.3, 0.4) is 0 Å². The number of rotatable bonds is 12. The molecule has 2 unspecified atom stereocenters. The minimum atomic E-state index is -1.08. The van der Waals surface area contributed by atoms with Gasteiger partial charge in [-0.1, -0.05) is 89.9 Å². The molecule has 0 fully saturated rings. The molecule has 0 aromatic carbocycles. The third kappa shape index (κ3) is 5.50. The molecule has 0 saturated heterocycles. The van der Waals surface area contributed by atoms with Crippen molar-refractivity contribution in [1.82, 2.24) is 0 Å². The van der Waals surface area contributed by atoms with Crippen molar-refractivity contribution in [3.63, 3.8) is 0 Å². The Kier molecular flexibility index (Phi) is 8.80. The van der Waals surface area contributed by atoms with Gasteiger partial charge in [0.1, 0.15) is 0 Å². The Bertz CT molecular complexity index is 478. The fourth-order valence-corrected chi connectivity index (χ4v) is 3.54. The van der Waals surface area contributed by atoms with Crippen LogP contribution < -0.4 is 0 Å². The van der Waals surface area contributed by atoms with Crippen LogP contribution in [0.5, 0.6) is 0 Å². The topological polar surface area (TPSA) is 74.6 Å². The van der Waals surface area contributed by atoms with Crippen LogP contribution in [0.2, 0.25) is 0 Å². The second-order valence-electron chi connectivity index (χ2n) is 6.93. The van der Waals surface area contributed by atoms with Gasteiger partial charge in [-0.3, -0.25) is 4.79 Å². The van der Waals surface area contributed by atoms with Crippen molar-refractivity contribution < 1.29 is 19.8 Å². The second kappa shape index (κ2) is 10.3. The molecule has 0 spiro atoms. The maximum atomic E-state index is 11.9. The lowest BCUT2D eigenvalue weighted by Gasteiger charge is -2.35. The summed E-state index contributed by atoms with van der Waals surface area (Å²) in [6, 6.07) is 0. The molecular formula is C20H32O4. The molecule has 1 aliphatic carbocycles. The summed E-state index contributed by atoms with van der Waals surface area (Å²) < 4.78 is 0. The summed E-state index contributed by atoms with van der Waals surface area (Å²) in [5.41, 5.74) is -0.889. The van der Waals surface area contributed by atoms with Gasteiger partial charge in [0.25, 0.3) is 0 Å². The van der Waals surface area contributed by atoms with Gasteiger partial charge in [0.2, 0.25) is 0 Å². The number of hydrogen-bond donors (Lipinski definition) is 2. The lowest BCUT2D eigenvalue weighted by atomic mass is 9.67. The Balaban J connectivity index is 2.43. The first-order valence-corrected chi connectivity index (χ1v) is 9.31. The molecule has 0 aliphatic heterocycles. The lowest BCUT2D eigenvalue weighted by molar-refractivity contribution is -0.149. The van der Waals surface area contributed by atoms with Gasteiger partial charge >= 0.3 is 11.9 Å². The quantitative estimate of drug-likeness (QED) is 0.481. The Morgan fingerprint density at radius 1 is 1.00 bits per heavy atom. The maximum absolute atomic E-state index is 11.9. The molecule has 0 radical (unpaired) electrons. The van der Waals surface area contributed by atoms with E-state index >= 15 is 0 Å². The SMILES string of the molecule is CCCCCCCCCCCC1(C(=O)O)C=CC=C(C(=O)O)C1C. The van der Waals surface area contributed by atoms with Crippen LogP contribution in [0.15, 0.2) is 23.8 Å². The van der Waals surface area contributed by atoms with Crippen molar-refractivity contribution >= 4 is 11.9 Å². The molecule has 2 atom stereocenters. The van der Waals surface area contributed by atoms with Crippen molar-refractivity contribution in [2.24, 2.45) is 11.3 Å². The largest absolute Gasteiger partial charge is 0.481 e. The molecule has 0 amide bonds. The molecule has 0 aromatic heterocycles. The van der Waals surface area contributed by atoms with E-state index < -0.39 is 23.3 Å². The van der Waals surface area contributed by atoms with E-state index in [0.717, 1.165) is 19.3 Å². The van der Waals surface area contributed by atoms with E-state index in [0.29, 0.717) is 6.42 Å². The fourth-order valence-electron chi connectivity index (χ4n) is 3.54. The average Bonchev–Trinajstić information content (AvgIpc) is 2.54. The first-order chi connectivity index (χ1) is 11.5. The zero-order chi connectivity index (χ0) is 18.0. The highest BCUT2D eigenvalue weighted by Crippen LogP contribution is 2.42. The van der Waals surface area contributed by atoms with Gasteiger partial charge in [-0.15, -0.1) is 0 Å². The van der Waals surface area contributed by atoms with Crippen molar-refractivity contribution in [2.45, 2.75) is 78.1 Å². The predicted molar refractivity (Wildman–Crippen MR) is 95.9 cm³/mol. The monoisotopic (exact) mass is 336 g/mol. The number of hydrogen-bond acceptors (Lipinski definition) is 2. The standard InChI is InChI=1S/C20H32O4/c1-3-4-5-6-7-8-9-10-11-14-20(19(23)24)15-12-13-17(16(20)2)18(21)22/h12-13,15-16H,3-11,14H2,1-2H3,(H,21,22)(H,23,24). The van der Waals surface area contributed by atoms with Gasteiger partial charge in [0, 0.05) is 11.5 Å². The zero-order valence-corrected chi connectivity index (χ0v) is 15.1. The van der Waals surface area contributed by atoms with Gasteiger partial charge < -0.3 is 10.2 Å². The molecule has 1 aliphatic rings. The lowest BCUT2D eigenvalue weighted by Crippen LogP contribution is -2.39. The third-order valence-corrected chi connectivity index (χ3v) is 5.25. The number of allylic oxidation sites excluding steroid dienone is 2. The Morgan fingerprint density at radius 2 is 1.54 bits per heavy atom. The maximum Gasteiger partial charge on any atom is 0.331 e. The van der Waals surface area contributed by atoms with Crippen LogP contribution in [0.1, 0.15) is 78.1 Å². The van der Waals surface area contributed by atoms with E-state index in [9.17, 15) is 19.8 Å². The van der Waals surface area contributed by atoms with Crippen molar-refractivity contribution in [3.05, 3.63) is 23.8 Å². The van der Waals surface area contributed by atoms with Gasteiger partial charge in [-0.05, 0) is 6.42 Å². The number of unbranched alkanes of at least 4 members (excludes halogenated alkanes) is 8. The van der Waals surface area contributed by atoms with E-state index in [2.05, 4.69) is 6.92 Å². The summed E-state index contributed by atoms with van der Waals surface area (Å²) in [6.45, 7) is 3.93. The smallest absolute Gasteiger partial charge is 0.331 e. The molecule has 0 aromatic rings. The van der Waals surface area contributed by atoms with Crippen LogP contribution in [0.4, 0.5) is 0 Å². The van der Waals surface area contributed by atoms with Crippen molar-refractivity contribution in [1.29, 1.82) is 0 Å². The summed E-state index contributed by atoms with van der Waals surface area (Å²) >= 11 is 0. The molecule has 0 heterocycles. The Hall–Kier alpha value is -1.58. The molecule has 136 valence electrons. The zero-order valence-electron chi connectivity index (χ0n) is 15.1. The van der Waals surface area contributed by atoms with Crippen LogP contribution in [-0.2, 0) is 9.59 Å². The molecular weight excluding hydrogens is 304 g/mol. The van der Waals surface area contributed by atoms with Gasteiger partial charge in [-0.2, -0.15) is 0 Å². The summed E-state index contributed by atoms with van der Waals surface area (Å²) in [4.78, 5) is 23.2. The summed E-state index contributed by atoms with van der Waals surface area (Å²) in [7, 11) is 0. The highest BCUT2D eigenvalue weighted by Gasteiger charge is 2.45. The molecule has 4 nitrogen and oxygen atoms in total. The van der Waals surface area contributed by atoms with Gasteiger partial charge in [-0.25, -0.2) is 4.79 Å². The van der Waals surface area contributed by atoms with Crippen molar-refractivity contribution in [2.75, 3.05) is 0 Å². The van der Waals surface area contributed by atoms with E-state index in [-0.39, 0.29) is 5.57 Å². The summed E-state index contributed by atoms with van der Waals surface area (Å²) in [5.74, 6) is -2.45. The molecule has 4 heteroatoms. The second-order valence-corrected chi connectivity index (χ2v) is 6.93. The van der Waals surface area contributed by atoms with Crippen molar-refractivity contribution in [3.8, 4) is 0 Å². The Morgan fingerprint density at radius 3 is 2.04 bits per heavy atom. The van der Waals surface area contributed by atoms with E-state index in [1.54, 1.807) is 19.1 Å². The van der Waals surface area contributed by atoms with E-state index in [1.165, 1.54) is 44.6 Å². The average molecular weight is 336 g/mol. The minimum Gasteiger partial charge on any atom is -0.481 e. The summed E-state index contributed by atoms with van der Waals surface area (Å²) in [5, 5.41) is 19.0. The minimum absolute atomic E-state index is 0.191. The normalized spacial score (nSPS) is 23.1. The Labute approximate surface area is 145 Å². The number of aliphatic carboxylic acids is 2. The van der Waals surface area contributed by atoms with E-state index in [1.807, 2.05) is 0 Å². The van der Waals surface area contributed by atoms with Crippen LogP contribution in [0, 0.1) is 11.3 Å². The molecule has 24 heavy (non-hydrogen) atoms. The third-order valence-electron chi connectivity index (χ3n) is 5.25. The van der Waals surface area contributed by atoms with Gasteiger partial charge in [0.05, 0.1) is 5.41 Å². The van der Waals surface area contributed by atoms with E-state index in [4.69, 9.17) is 0 Å². The highest BCUT2D eigenvalue weighted by atomic mass is 16.4. The van der Waals surface area contributed by atoms with Crippen LogP contribution in [0.25, 0.3) is 0 Å².